The molecule has 0 aliphatic carbocycles. The van der Waals surface area contributed by atoms with Crippen LogP contribution in [0, 0.1) is 12.7 Å². The minimum atomic E-state index is -1.30. The van der Waals surface area contributed by atoms with Crippen molar-refractivity contribution in [2.24, 2.45) is 0 Å². The summed E-state index contributed by atoms with van der Waals surface area (Å²) >= 11 is 30.9. The van der Waals surface area contributed by atoms with Crippen LogP contribution in [-0.2, 0) is 4.79 Å². The fraction of sp³-hybridized carbons (Fsp3) is 0.125. The summed E-state index contributed by atoms with van der Waals surface area (Å²) in [6.07, 6.45) is 0. The molecule has 178 valence electrons. The van der Waals surface area contributed by atoms with Crippen LogP contribution in [-0.4, -0.2) is 28.7 Å². The number of hydrogen-bond acceptors (Lipinski definition) is 3. The highest BCUT2D eigenvalue weighted by atomic mass is 35.5. The number of amides is 3. The Hall–Kier alpha value is -2.35. The van der Waals surface area contributed by atoms with E-state index in [0.717, 1.165) is 10.5 Å². The van der Waals surface area contributed by atoms with Crippen LogP contribution in [0.25, 0.3) is 0 Å². The first-order valence-corrected chi connectivity index (χ1v) is 12.0. The van der Waals surface area contributed by atoms with Crippen molar-refractivity contribution in [2.75, 3.05) is 4.90 Å². The SMILES string of the molecule is Cc1ccc(Cl)cc1N1C(=O)[C@H](N2C(=O)c3c(Cl)c(Cl)c(Cl)c(Cl)c3C2=O)[C@H]1c1cccc(F)c1. The van der Waals surface area contributed by atoms with Gasteiger partial charge < -0.3 is 4.90 Å². The van der Waals surface area contributed by atoms with Crippen LogP contribution in [0.5, 0.6) is 0 Å². The molecular weight excluding hydrogens is 561 g/mol. The second-order valence-electron chi connectivity index (χ2n) is 8.07. The summed E-state index contributed by atoms with van der Waals surface area (Å²) in [4.78, 5) is 42.6. The topological polar surface area (TPSA) is 57.7 Å². The van der Waals surface area contributed by atoms with Crippen molar-refractivity contribution < 1.29 is 18.8 Å². The molecule has 3 aromatic rings. The van der Waals surface area contributed by atoms with E-state index in [1.54, 1.807) is 31.2 Å². The molecule has 0 aromatic heterocycles. The molecule has 11 heteroatoms. The van der Waals surface area contributed by atoms with Crippen molar-refractivity contribution in [3.63, 3.8) is 0 Å². The zero-order valence-corrected chi connectivity index (χ0v) is 21.4. The van der Waals surface area contributed by atoms with Gasteiger partial charge in [-0.2, -0.15) is 0 Å². The lowest BCUT2D eigenvalue weighted by Crippen LogP contribution is -2.67. The van der Waals surface area contributed by atoms with Crippen LogP contribution >= 0.6 is 58.0 Å². The number of β-lactam (4-membered cyclic amide) rings is 1. The molecular formula is C24H12Cl5FN2O3. The van der Waals surface area contributed by atoms with E-state index >= 15 is 0 Å². The van der Waals surface area contributed by atoms with Gasteiger partial charge in [-0.15, -0.1) is 0 Å². The Bertz CT molecular complexity index is 1430. The fourth-order valence-electron chi connectivity index (χ4n) is 4.48. The van der Waals surface area contributed by atoms with E-state index in [-0.39, 0.29) is 31.2 Å². The van der Waals surface area contributed by atoms with E-state index < -0.39 is 35.6 Å². The van der Waals surface area contributed by atoms with Crippen LogP contribution in [0.1, 0.15) is 37.9 Å². The van der Waals surface area contributed by atoms with Gasteiger partial charge in [0.15, 0.2) is 0 Å². The average Bonchev–Trinajstić information content (AvgIpc) is 3.07. The van der Waals surface area contributed by atoms with Gasteiger partial charge in [0.05, 0.1) is 37.3 Å². The predicted octanol–water partition coefficient (Wildman–Crippen LogP) is 7.15. The maximum atomic E-state index is 14.2. The molecule has 35 heavy (non-hydrogen) atoms. The summed E-state index contributed by atoms with van der Waals surface area (Å²) in [5, 5.41) is -0.471. The average molecular weight is 573 g/mol. The number of carbonyl (C=O) groups is 3. The van der Waals surface area contributed by atoms with Gasteiger partial charge in [0, 0.05) is 10.7 Å². The monoisotopic (exact) mass is 570 g/mol. The Morgan fingerprint density at radius 3 is 1.91 bits per heavy atom. The van der Waals surface area contributed by atoms with E-state index in [2.05, 4.69) is 0 Å². The third kappa shape index (κ3) is 3.54. The molecule has 0 spiro atoms. The molecule has 2 atom stereocenters. The number of imide groups is 1. The molecule has 2 heterocycles. The molecule has 0 radical (unpaired) electrons. The number of benzene rings is 3. The number of nitrogens with zero attached hydrogens (tertiary/aromatic N) is 2. The summed E-state index contributed by atoms with van der Waals surface area (Å²) < 4.78 is 14.2. The summed E-state index contributed by atoms with van der Waals surface area (Å²) in [7, 11) is 0. The maximum absolute atomic E-state index is 14.2. The minimum Gasteiger partial charge on any atom is -0.300 e. The van der Waals surface area contributed by atoms with Crippen molar-refractivity contribution in [1.29, 1.82) is 0 Å². The normalized spacial score (nSPS) is 19.3. The van der Waals surface area contributed by atoms with Gasteiger partial charge >= 0.3 is 0 Å². The molecule has 0 unspecified atom stereocenters. The lowest BCUT2D eigenvalue weighted by molar-refractivity contribution is -0.130. The van der Waals surface area contributed by atoms with E-state index in [0.29, 0.717) is 16.3 Å². The Morgan fingerprint density at radius 1 is 0.743 bits per heavy atom. The molecule has 1 saturated heterocycles. The molecule has 0 saturated carbocycles. The predicted molar refractivity (Wildman–Crippen MR) is 134 cm³/mol. The van der Waals surface area contributed by atoms with Gasteiger partial charge in [-0.05, 0) is 42.3 Å². The van der Waals surface area contributed by atoms with Crippen molar-refractivity contribution in [1.82, 2.24) is 4.90 Å². The van der Waals surface area contributed by atoms with Crippen LogP contribution in [0.3, 0.4) is 0 Å². The van der Waals surface area contributed by atoms with Crippen LogP contribution in [0.4, 0.5) is 10.1 Å². The Morgan fingerprint density at radius 2 is 1.34 bits per heavy atom. The molecule has 1 fully saturated rings. The van der Waals surface area contributed by atoms with Crippen molar-refractivity contribution in [3.05, 3.63) is 95.6 Å². The lowest BCUT2D eigenvalue weighted by atomic mass is 9.85. The van der Waals surface area contributed by atoms with Gasteiger partial charge in [-0.25, -0.2) is 4.39 Å². The highest BCUT2D eigenvalue weighted by Gasteiger charge is 2.58. The Labute approximate surface area is 223 Å². The summed E-state index contributed by atoms with van der Waals surface area (Å²) in [6.45, 7) is 1.78. The first kappa shape index (κ1) is 24.3. The first-order valence-electron chi connectivity index (χ1n) is 10.1. The van der Waals surface area contributed by atoms with E-state index in [9.17, 15) is 18.8 Å². The smallest absolute Gasteiger partial charge is 0.264 e. The van der Waals surface area contributed by atoms with E-state index in [1.165, 1.54) is 23.1 Å². The highest BCUT2D eigenvalue weighted by molar-refractivity contribution is 6.55. The minimum absolute atomic E-state index is 0.183. The van der Waals surface area contributed by atoms with Gasteiger partial charge in [0.1, 0.15) is 11.9 Å². The third-order valence-electron chi connectivity index (χ3n) is 6.10. The quantitative estimate of drug-likeness (QED) is 0.145. The van der Waals surface area contributed by atoms with Gasteiger partial charge in [-0.1, -0.05) is 76.2 Å². The Balaban J connectivity index is 1.66. The van der Waals surface area contributed by atoms with Gasteiger partial charge in [0.2, 0.25) is 0 Å². The molecule has 2 aliphatic heterocycles. The number of hydrogen-bond donors (Lipinski definition) is 0. The van der Waals surface area contributed by atoms with Crippen LogP contribution < -0.4 is 4.90 Å². The molecule has 0 N–H and O–H groups in total. The van der Waals surface area contributed by atoms with Gasteiger partial charge in [0.25, 0.3) is 17.7 Å². The molecule has 0 bridgehead atoms. The second kappa shape index (κ2) is 8.64. The molecule has 3 aromatic carbocycles. The van der Waals surface area contributed by atoms with Crippen LogP contribution in [0.2, 0.25) is 25.1 Å². The number of aryl methyl sites for hydroxylation is 1. The fourth-order valence-corrected chi connectivity index (χ4v) is 5.66. The van der Waals surface area contributed by atoms with Crippen molar-refractivity contribution in [3.8, 4) is 0 Å². The molecule has 2 aliphatic rings. The summed E-state index contributed by atoms with van der Waals surface area (Å²) in [5.41, 5.74) is 1.08. The van der Waals surface area contributed by atoms with Crippen molar-refractivity contribution in [2.45, 2.75) is 19.0 Å². The maximum Gasteiger partial charge on any atom is 0.264 e. The lowest BCUT2D eigenvalue weighted by Gasteiger charge is -2.50. The number of halogens is 6. The third-order valence-corrected chi connectivity index (χ3v) is 8.14. The summed E-state index contributed by atoms with van der Waals surface area (Å²) in [6, 6.07) is 8.35. The number of anilines is 1. The molecule has 5 nitrogen and oxygen atoms in total. The number of rotatable bonds is 3. The number of fused-ring (bicyclic) bond motifs is 1. The van der Waals surface area contributed by atoms with Crippen molar-refractivity contribution >= 4 is 81.4 Å². The highest BCUT2D eigenvalue weighted by Crippen LogP contribution is 2.49. The first-order chi connectivity index (χ1) is 16.5. The summed E-state index contributed by atoms with van der Waals surface area (Å²) in [5.74, 6) is -2.81. The molecule has 3 amide bonds. The van der Waals surface area contributed by atoms with Gasteiger partial charge in [-0.3, -0.25) is 19.3 Å². The largest absolute Gasteiger partial charge is 0.300 e. The van der Waals surface area contributed by atoms with E-state index in [4.69, 9.17) is 58.0 Å². The molecule has 5 rings (SSSR count). The van der Waals surface area contributed by atoms with E-state index in [1.807, 2.05) is 0 Å². The number of carbonyl (C=O) groups excluding carboxylic acids is 3. The Kier molecular flexibility index (Phi) is 6.01. The zero-order valence-electron chi connectivity index (χ0n) is 17.6. The second-order valence-corrected chi connectivity index (χ2v) is 10.0. The zero-order chi connectivity index (χ0) is 25.3. The standard InChI is InChI=1S/C24H12Cl5FN2O3/c1-9-5-6-11(25)8-13(9)31-20(10-3-2-4-12(30)7-10)21(24(31)35)32-22(33)14-15(23(32)34)17(27)19(29)18(28)16(14)26/h2-8,20-21H,1H3/t20-,21-/m1/s1. The van der Waals surface area contributed by atoms with Crippen LogP contribution in [0.15, 0.2) is 42.5 Å².